The van der Waals surface area contributed by atoms with Gasteiger partial charge in [-0.3, -0.25) is 4.79 Å². The molecule has 0 fully saturated rings. The van der Waals surface area contributed by atoms with Gasteiger partial charge >= 0.3 is 11.6 Å². The van der Waals surface area contributed by atoms with Gasteiger partial charge in [-0.25, -0.2) is 4.79 Å². The van der Waals surface area contributed by atoms with Crippen molar-refractivity contribution in [1.82, 2.24) is 0 Å². The number of ether oxygens (including phenoxy) is 1. The molecule has 112 valence electrons. The Morgan fingerprint density at radius 3 is 2.71 bits per heavy atom. The molecular weight excluding hydrogens is 272 g/mol. The molecule has 0 saturated heterocycles. The van der Waals surface area contributed by atoms with Gasteiger partial charge in [0.2, 0.25) is 0 Å². The van der Waals surface area contributed by atoms with Gasteiger partial charge in [0, 0.05) is 17.5 Å². The Hall–Kier alpha value is -2.30. The molecule has 2 rings (SSSR count). The van der Waals surface area contributed by atoms with E-state index in [2.05, 4.69) is 0 Å². The Bertz CT molecular complexity index is 699. The average Bonchev–Trinajstić information content (AvgIpc) is 2.43. The maximum Gasteiger partial charge on any atom is 0.336 e. The number of rotatable bonds is 6. The van der Waals surface area contributed by atoms with Crippen LogP contribution >= 0.6 is 0 Å². The van der Waals surface area contributed by atoms with Crippen LogP contribution in [0.25, 0.3) is 11.0 Å². The maximum absolute atomic E-state index is 11.2. The van der Waals surface area contributed by atoms with Crippen LogP contribution in [0, 0.1) is 5.41 Å². The van der Waals surface area contributed by atoms with Crippen LogP contribution in [0.1, 0.15) is 26.7 Å². The van der Waals surface area contributed by atoms with Crippen LogP contribution in [0.2, 0.25) is 0 Å². The van der Waals surface area contributed by atoms with E-state index in [4.69, 9.17) is 14.3 Å². The van der Waals surface area contributed by atoms with Gasteiger partial charge in [-0.15, -0.1) is 0 Å². The highest BCUT2D eigenvalue weighted by Gasteiger charge is 2.26. The summed E-state index contributed by atoms with van der Waals surface area (Å²) in [6, 6.07) is 8.34. The highest BCUT2D eigenvalue weighted by molar-refractivity contribution is 5.77. The number of carboxylic acids is 1. The molecule has 0 spiro atoms. The zero-order chi connectivity index (χ0) is 15.5. The third-order valence-electron chi connectivity index (χ3n) is 3.39. The first-order valence-electron chi connectivity index (χ1n) is 6.79. The van der Waals surface area contributed by atoms with Crippen molar-refractivity contribution in [2.45, 2.75) is 26.7 Å². The number of carboxylic acid groups (broad SMARTS) is 1. The van der Waals surface area contributed by atoms with Crippen molar-refractivity contribution in [3.8, 4) is 5.75 Å². The topological polar surface area (TPSA) is 76.7 Å². The summed E-state index contributed by atoms with van der Waals surface area (Å²) in [6.07, 6.45) is 1.17. The van der Waals surface area contributed by atoms with E-state index >= 15 is 0 Å². The predicted molar refractivity (Wildman–Crippen MR) is 78.6 cm³/mol. The van der Waals surface area contributed by atoms with Crippen LogP contribution in [-0.2, 0) is 4.79 Å². The van der Waals surface area contributed by atoms with E-state index in [-0.39, 0.29) is 0 Å². The molecule has 0 radical (unpaired) electrons. The fraction of sp³-hybridized carbons (Fsp3) is 0.375. The van der Waals surface area contributed by atoms with Gasteiger partial charge in [-0.2, -0.15) is 0 Å². The number of aliphatic carboxylic acids is 1. The summed E-state index contributed by atoms with van der Waals surface area (Å²) in [7, 11) is 0. The molecule has 5 heteroatoms. The second-order valence-electron chi connectivity index (χ2n) is 5.60. The van der Waals surface area contributed by atoms with Crippen molar-refractivity contribution in [2.24, 2.45) is 5.41 Å². The van der Waals surface area contributed by atoms with Crippen LogP contribution in [0.5, 0.6) is 5.75 Å². The summed E-state index contributed by atoms with van der Waals surface area (Å²) in [5, 5.41) is 9.85. The molecule has 0 atom stereocenters. The molecule has 0 bridgehead atoms. The van der Waals surface area contributed by atoms with Crippen LogP contribution in [0.15, 0.2) is 39.5 Å². The quantitative estimate of drug-likeness (QED) is 0.653. The minimum absolute atomic E-state index is 0.400. The molecule has 0 unspecified atom stereocenters. The summed E-state index contributed by atoms with van der Waals surface area (Å²) >= 11 is 0. The van der Waals surface area contributed by atoms with Gasteiger partial charge in [0.25, 0.3) is 0 Å². The van der Waals surface area contributed by atoms with E-state index in [9.17, 15) is 9.59 Å². The first-order valence-corrected chi connectivity index (χ1v) is 6.79. The highest BCUT2D eigenvalue weighted by Crippen LogP contribution is 2.23. The highest BCUT2D eigenvalue weighted by atomic mass is 16.5. The number of carbonyl (C=O) groups is 1. The van der Waals surface area contributed by atoms with Crippen molar-refractivity contribution in [1.29, 1.82) is 0 Å². The maximum atomic E-state index is 11.2. The molecular formula is C16H18O5. The minimum Gasteiger partial charge on any atom is -0.493 e. The lowest BCUT2D eigenvalue weighted by Gasteiger charge is -2.18. The zero-order valence-corrected chi connectivity index (χ0v) is 12.1. The van der Waals surface area contributed by atoms with Crippen LogP contribution in [-0.4, -0.2) is 17.7 Å². The van der Waals surface area contributed by atoms with Crippen molar-refractivity contribution < 1.29 is 19.1 Å². The molecule has 0 aliphatic heterocycles. The fourth-order valence-electron chi connectivity index (χ4n) is 1.94. The molecule has 1 N–H and O–H groups in total. The third-order valence-corrected chi connectivity index (χ3v) is 3.39. The average molecular weight is 290 g/mol. The van der Waals surface area contributed by atoms with Gasteiger partial charge in [0.05, 0.1) is 12.0 Å². The lowest BCUT2D eigenvalue weighted by atomic mass is 9.88. The van der Waals surface area contributed by atoms with Crippen LogP contribution in [0.3, 0.4) is 0 Å². The summed E-state index contributed by atoms with van der Waals surface area (Å²) in [4.78, 5) is 22.1. The second-order valence-corrected chi connectivity index (χ2v) is 5.60. The van der Waals surface area contributed by atoms with Gasteiger partial charge in [0.15, 0.2) is 0 Å². The smallest absolute Gasteiger partial charge is 0.336 e. The summed E-state index contributed by atoms with van der Waals surface area (Å²) < 4.78 is 10.7. The van der Waals surface area contributed by atoms with Crippen molar-refractivity contribution >= 4 is 16.9 Å². The Morgan fingerprint density at radius 1 is 1.29 bits per heavy atom. The van der Waals surface area contributed by atoms with E-state index < -0.39 is 17.0 Å². The number of hydrogen-bond donors (Lipinski definition) is 1. The molecule has 1 heterocycles. The first-order chi connectivity index (χ1) is 9.88. The van der Waals surface area contributed by atoms with Crippen LogP contribution < -0.4 is 10.4 Å². The molecule has 1 aromatic heterocycles. The number of hydrogen-bond acceptors (Lipinski definition) is 4. The Balaban J connectivity index is 1.95. The van der Waals surface area contributed by atoms with E-state index in [0.29, 0.717) is 30.8 Å². The predicted octanol–water partition coefficient (Wildman–Crippen LogP) is 3.06. The largest absolute Gasteiger partial charge is 0.493 e. The Morgan fingerprint density at radius 2 is 2.00 bits per heavy atom. The minimum atomic E-state index is -0.810. The summed E-state index contributed by atoms with van der Waals surface area (Å²) in [5.41, 5.74) is -0.673. The Kier molecular flexibility index (Phi) is 4.31. The number of fused-ring (bicyclic) bond motifs is 1. The van der Waals surface area contributed by atoms with Crippen LogP contribution in [0.4, 0.5) is 0 Å². The standard InChI is InChI=1S/C16H18O5/c1-16(2,15(18)19)8-3-9-20-12-6-4-11-5-7-14(17)21-13(11)10-12/h4-7,10H,3,8-9H2,1-2H3,(H,18,19). The molecule has 0 aliphatic rings. The zero-order valence-electron chi connectivity index (χ0n) is 12.1. The number of benzene rings is 1. The van der Waals surface area contributed by atoms with Gasteiger partial charge in [-0.1, -0.05) is 0 Å². The second kappa shape index (κ2) is 5.99. The van der Waals surface area contributed by atoms with Gasteiger partial charge in [0.1, 0.15) is 11.3 Å². The fourth-order valence-corrected chi connectivity index (χ4v) is 1.94. The lowest BCUT2D eigenvalue weighted by molar-refractivity contribution is -0.147. The normalized spacial score (nSPS) is 11.5. The molecule has 1 aromatic carbocycles. The van der Waals surface area contributed by atoms with Gasteiger partial charge < -0.3 is 14.3 Å². The molecule has 0 amide bonds. The monoisotopic (exact) mass is 290 g/mol. The van der Waals surface area contributed by atoms with E-state index in [0.717, 1.165) is 5.39 Å². The van der Waals surface area contributed by atoms with E-state index in [1.54, 1.807) is 32.0 Å². The van der Waals surface area contributed by atoms with E-state index in [1.165, 1.54) is 6.07 Å². The van der Waals surface area contributed by atoms with Gasteiger partial charge in [-0.05, 0) is 44.9 Å². The summed E-state index contributed by atoms with van der Waals surface area (Å²) in [5.74, 6) is -0.208. The molecule has 2 aromatic rings. The lowest BCUT2D eigenvalue weighted by Crippen LogP contribution is -2.24. The van der Waals surface area contributed by atoms with E-state index in [1.807, 2.05) is 6.07 Å². The third kappa shape index (κ3) is 3.84. The first kappa shape index (κ1) is 15.1. The molecule has 0 aliphatic carbocycles. The van der Waals surface area contributed by atoms with Crippen molar-refractivity contribution in [3.63, 3.8) is 0 Å². The van der Waals surface area contributed by atoms with Crippen molar-refractivity contribution in [2.75, 3.05) is 6.61 Å². The summed E-state index contributed by atoms with van der Waals surface area (Å²) in [6.45, 7) is 3.80. The SMILES string of the molecule is CC(C)(CCCOc1ccc2ccc(=O)oc2c1)C(=O)O. The molecule has 21 heavy (non-hydrogen) atoms. The molecule has 5 nitrogen and oxygen atoms in total. The van der Waals surface area contributed by atoms with Crippen molar-refractivity contribution in [3.05, 3.63) is 40.8 Å². The molecule has 0 saturated carbocycles. The Labute approximate surface area is 122 Å².